The lowest BCUT2D eigenvalue weighted by atomic mass is 10.1. The van der Waals surface area contributed by atoms with Crippen molar-refractivity contribution in [2.24, 2.45) is 22.2 Å². The summed E-state index contributed by atoms with van der Waals surface area (Å²) in [5, 5.41) is 26.9. The van der Waals surface area contributed by atoms with Gasteiger partial charge in [-0.25, -0.2) is 4.79 Å². The number of carboxylic acids is 1. The molecule has 0 aromatic rings. The molecule has 0 aromatic carbocycles. The van der Waals surface area contributed by atoms with E-state index in [-0.39, 0.29) is 18.9 Å². The molecule has 0 saturated heterocycles. The third-order valence-corrected chi connectivity index (χ3v) is 3.95. The van der Waals surface area contributed by atoms with Gasteiger partial charge in [0.1, 0.15) is 18.1 Å². The Morgan fingerprint density at radius 1 is 0.909 bits per heavy atom. The Labute approximate surface area is 188 Å². The van der Waals surface area contributed by atoms with Crippen LogP contribution in [-0.4, -0.2) is 89.5 Å². The van der Waals surface area contributed by atoms with Crippen molar-refractivity contribution in [3.05, 3.63) is 0 Å². The number of nitrogens with one attached hydrogen (secondary N) is 4. The molecule has 0 rings (SSSR count). The van der Waals surface area contributed by atoms with Crippen LogP contribution in [-0.2, 0) is 28.8 Å². The van der Waals surface area contributed by atoms with Crippen LogP contribution in [0, 0.1) is 0 Å². The first kappa shape index (κ1) is 29.0. The van der Waals surface area contributed by atoms with Crippen molar-refractivity contribution < 1.29 is 39.0 Å². The van der Waals surface area contributed by atoms with E-state index in [1.165, 1.54) is 6.92 Å². The quantitative estimate of drug-likeness (QED) is 0.0616. The molecule has 0 fully saturated rings. The number of guanidine groups is 1. The van der Waals surface area contributed by atoms with Crippen molar-refractivity contribution in [2.45, 2.75) is 44.3 Å². The van der Waals surface area contributed by atoms with E-state index in [9.17, 15) is 33.9 Å². The monoisotopic (exact) mass is 474 g/mol. The first-order chi connectivity index (χ1) is 15.4. The Morgan fingerprint density at radius 2 is 1.52 bits per heavy atom. The number of carboxylic acid groups (broad SMARTS) is 1. The lowest BCUT2D eigenvalue weighted by Gasteiger charge is -2.19. The van der Waals surface area contributed by atoms with Gasteiger partial charge in [-0.2, -0.15) is 0 Å². The smallest absolute Gasteiger partial charge is 0.326 e. The van der Waals surface area contributed by atoms with Crippen molar-refractivity contribution in [1.29, 1.82) is 0 Å². The van der Waals surface area contributed by atoms with Gasteiger partial charge in [0.25, 0.3) is 0 Å². The van der Waals surface area contributed by atoms with Crippen LogP contribution in [0.2, 0.25) is 0 Å². The largest absolute Gasteiger partial charge is 0.480 e. The van der Waals surface area contributed by atoms with E-state index in [1.54, 1.807) is 0 Å². The number of primary amides is 1. The van der Waals surface area contributed by atoms with E-state index in [4.69, 9.17) is 22.3 Å². The van der Waals surface area contributed by atoms with Crippen molar-refractivity contribution in [2.75, 3.05) is 19.7 Å². The van der Waals surface area contributed by atoms with E-state index in [0.717, 1.165) is 0 Å². The molecule has 16 nitrogen and oxygen atoms in total. The number of aliphatic hydroxyl groups is 1. The lowest BCUT2D eigenvalue weighted by Crippen LogP contribution is -2.52. The summed E-state index contributed by atoms with van der Waals surface area (Å²) in [6.45, 7) is -0.0279. The number of carbonyl (C=O) groups is 6. The van der Waals surface area contributed by atoms with Crippen molar-refractivity contribution in [3.8, 4) is 0 Å². The van der Waals surface area contributed by atoms with Gasteiger partial charge in [0.2, 0.25) is 29.5 Å². The molecule has 0 radical (unpaired) electrons. The Hall–Kier alpha value is -3.95. The van der Waals surface area contributed by atoms with Crippen LogP contribution in [0.25, 0.3) is 0 Å². The van der Waals surface area contributed by atoms with Gasteiger partial charge in [-0.15, -0.1) is 0 Å². The minimum absolute atomic E-state index is 0.129. The van der Waals surface area contributed by atoms with Crippen molar-refractivity contribution in [1.82, 2.24) is 21.3 Å². The van der Waals surface area contributed by atoms with Crippen LogP contribution in [0.5, 0.6) is 0 Å². The van der Waals surface area contributed by atoms with Crippen LogP contribution in [0.4, 0.5) is 0 Å². The SMILES string of the molecule is CC(=O)N[C@@H](CCCN=C(N)N)C(=O)NCC(=O)N[C@H](CC(=O)N[C@@H](CO)C(N)=O)C(=O)O. The zero-order chi connectivity index (χ0) is 25.6. The Balaban J connectivity index is 4.81. The molecule has 0 bridgehead atoms. The highest BCUT2D eigenvalue weighted by Gasteiger charge is 2.26. The fraction of sp³-hybridized carbons (Fsp3) is 0.588. The number of aliphatic carboxylic acids is 1. The molecule has 0 unspecified atom stereocenters. The molecule has 0 heterocycles. The fourth-order valence-electron chi connectivity index (χ4n) is 2.40. The van der Waals surface area contributed by atoms with Crippen LogP contribution in [0.1, 0.15) is 26.2 Å². The molecule has 5 amide bonds. The third-order valence-electron chi connectivity index (χ3n) is 3.95. The molecule has 0 aliphatic heterocycles. The highest BCUT2D eigenvalue weighted by Crippen LogP contribution is 1.99. The average Bonchev–Trinajstić information content (AvgIpc) is 2.71. The lowest BCUT2D eigenvalue weighted by molar-refractivity contribution is -0.143. The zero-order valence-electron chi connectivity index (χ0n) is 18.0. The van der Waals surface area contributed by atoms with Crippen LogP contribution < -0.4 is 38.5 Å². The number of amides is 5. The molecule has 12 N–H and O–H groups in total. The summed E-state index contributed by atoms with van der Waals surface area (Å²) in [7, 11) is 0. The summed E-state index contributed by atoms with van der Waals surface area (Å²) < 4.78 is 0. The molecule has 0 aliphatic carbocycles. The molecule has 3 atom stereocenters. The molecule has 0 aromatic heterocycles. The zero-order valence-corrected chi connectivity index (χ0v) is 18.0. The number of carbonyl (C=O) groups excluding carboxylic acids is 5. The van der Waals surface area contributed by atoms with Crippen LogP contribution in [0.3, 0.4) is 0 Å². The van der Waals surface area contributed by atoms with E-state index >= 15 is 0 Å². The van der Waals surface area contributed by atoms with Crippen LogP contribution in [0.15, 0.2) is 4.99 Å². The maximum Gasteiger partial charge on any atom is 0.326 e. The van der Waals surface area contributed by atoms with E-state index in [2.05, 4.69) is 15.6 Å². The fourth-order valence-corrected chi connectivity index (χ4v) is 2.40. The van der Waals surface area contributed by atoms with Gasteiger partial charge in [0.05, 0.1) is 19.6 Å². The van der Waals surface area contributed by atoms with Crippen LogP contribution >= 0.6 is 0 Å². The number of hydrogen-bond donors (Lipinski definition) is 9. The highest BCUT2D eigenvalue weighted by atomic mass is 16.4. The number of nitrogens with two attached hydrogens (primary N) is 3. The Kier molecular flexibility index (Phi) is 13.2. The summed E-state index contributed by atoms with van der Waals surface area (Å²) >= 11 is 0. The van der Waals surface area contributed by atoms with E-state index < -0.39 is 73.2 Å². The first-order valence-electron chi connectivity index (χ1n) is 9.69. The maximum atomic E-state index is 12.3. The van der Waals surface area contributed by atoms with Gasteiger partial charge in [0.15, 0.2) is 5.96 Å². The number of aliphatic hydroxyl groups excluding tert-OH is 1. The summed E-state index contributed by atoms with van der Waals surface area (Å²) in [5.74, 6) is -5.81. The highest BCUT2D eigenvalue weighted by molar-refractivity contribution is 5.93. The van der Waals surface area contributed by atoms with Gasteiger partial charge in [-0.05, 0) is 12.8 Å². The number of nitrogens with zero attached hydrogens (tertiary/aromatic N) is 1. The summed E-state index contributed by atoms with van der Waals surface area (Å²) in [6.07, 6.45) is -0.259. The molecule has 0 saturated carbocycles. The molecule has 33 heavy (non-hydrogen) atoms. The van der Waals surface area contributed by atoms with Gasteiger partial charge >= 0.3 is 5.97 Å². The van der Waals surface area contributed by atoms with Gasteiger partial charge in [0, 0.05) is 13.5 Å². The normalized spacial score (nSPS) is 12.9. The second-order valence-corrected chi connectivity index (χ2v) is 6.79. The molecule has 186 valence electrons. The predicted octanol–water partition coefficient (Wildman–Crippen LogP) is -5.42. The van der Waals surface area contributed by atoms with Gasteiger partial charge in [-0.1, -0.05) is 0 Å². The van der Waals surface area contributed by atoms with Gasteiger partial charge < -0.3 is 48.7 Å². The number of aliphatic imine (C=N–C) groups is 1. The third kappa shape index (κ3) is 13.1. The predicted molar refractivity (Wildman–Crippen MR) is 113 cm³/mol. The minimum atomic E-state index is -1.69. The molecular weight excluding hydrogens is 444 g/mol. The molecular formula is C17H30N8O8. The average molecular weight is 474 g/mol. The first-order valence-corrected chi connectivity index (χ1v) is 9.69. The Bertz CT molecular complexity index is 768. The van der Waals surface area contributed by atoms with E-state index in [1.807, 2.05) is 10.6 Å². The second-order valence-electron chi connectivity index (χ2n) is 6.79. The van der Waals surface area contributed by atoms with E-state index in [0.29, 0.717) is 6.42 Å². The standard InChI is InChI=1S/C17H30N8O8/c1-8(27)23-9(3-2-4-21-17(19)20)15(31)22-6-13(29)24-10(16(32)33)5-12(28)25-11(7-26)14(18)30/h9-11,26H,2-7H2,1H3,(H2,18,30)(H,22,31)(H,23,27)(H,24,29)(H,25,28)(H,32,33)(H4,19,20,21)/t9-,10+,11-/m0/s1. The minimum Gasteiger partial charge on any atom is -0.480 e. The topological polar surface area (TPSA) is 281 Å². The maximum absolute atomic E-state index is 12.3. The van der Waals surface area contributed by atoms with Gasteiger partial charge in [-0.3, -0.25) is 29.0 Å². The summed E-state index contributed by atoms with van der Waals surface area (Å²) in [4.78, 5) is 73.6. The summed E-state index contributed by atoms with van der Waals surface area (Å²) in [6, 6.07) is -4.10. The van der Waals surface area contributed by atoms with Crippen molar-refractivity contribution in [3.63, 3.8) is 0 Å². The molecule has 0 spiro atoms. The molecule has 0 aliphatic rings. The summed E-state index contributed by atoms with van der Waals surface area (Å²) in [5.41, 5.74) is 15.4. The number of hydrogen-bond acceptors (Lipinski definition) is 8. The number of rotatable bonds is 15. The Morgan fingerprint density at radius 3 is 2.00 bits per heavy atom. The molecule has 16 heteroatoms. The second kappa shape index (κ2) is 15.0. The van der Waals surface area contributed by atoms with Crippen molar-refractivity contribution >= 4 is 41.5 Å².